The summed E-state index contributed by atoms with van der Waals surface area (Å²) < 4.78 is 0. The number of rotatable bonds is 5. The van der Waals surface area contributed by atoms with Crippen LogP contribution >= 0.6 is 0 Å². The maximum Gasteiger partial charge on any atom is 0.223 e. The van der Waals surface area contributed by atoms with Crippen LogP contribution in [0.4, 0.5) is 0 Å². The molecule has 3 atom stereocenters. The van der Waals surface area contributed by atoms with Gasteiger partial charge in [-0.25, -0.2) is 0 Å². The molecule has 1 aromatic rings. The molecule has 17 heavy (non-hydrogen) atoms. The molecule has 0 aliphatic rings. The van der Waals surface area contributed by atoms with Gasteiger partial charge in [-0.15, -0.1) is 6.58 Å². The Bertz CT molecular complexity index is 372. The Morgan fingerprint density at radius 1 is 1.24 bits per heavy atom. The maximum absolute atomic E-state index is 12.0. The van der Waals surface area contributed by atoms with E-state index in [-0.39, 0.29) is 23.8 Å². The van der Waals surface area contributed by atoms with Crippen LogP contribution < -0.4 is 5.32 Å². The molecular formula is C15H21NO. The molecule has 0 bridgehead atoms. The van der Waals surface area contributed by atoms with Gasteiger partial charge in [0.25, 0.3) is 0 Å². The van der Waals surface area contributed by atoms with Crippen molar-refractivity contribution in [2.75, 3.05) is 0 Å². The van der Waals surface area contributed by atoms with Crippen LogP contribution in [-0.4, -0.2) is 5.91 Å². The summed E-state index contributed by atoms with van der Waals surface area (Å²) in [4.78, 5) is 12.0. The summed E-state index contributed by atoms with van der Waals surface area (Å²) in [7, 11) is 0. The van der Waals surface area contributed by atoms with E-state index in [9.17, 15) is 4.79 Å². The number of benzene rings is 1. The van der Waals surface area contributed by atoms with Crippen molar-refractivity contribution in [1.29, 1.82) is 0 Å². The Morgan fingerprint density at radius 2 is 1.82 bits per heavy atom. The van der Waals surface area contributed by atoms with Crippen LogP contribution in [0.2, 0.25) is 0 Å². The van der Waals surface area contributed by atoms with Crippen molar-refractivity contribution < 1.29 is 4.79 Å². The molecule has 0 unspecified atom stereocenters. The highest BCUT2D eigenvalue weighted by molar-refractivity contribution is 5.79. The molecule has 0 heterocycles. The molecule has 0 aromatic heterocycles. The molecule has 2 nitrogen and oxygen atoms in total. The molecule has 1 amide bonds. The highest BCUT2D eigenvalue weighted by Gasteiger charge is 2.19. The summed E-state index contributed by atoms with van der Waals surface area (Å²) in [5.41, 5.74) is 1.12. The van der Waals surface area contributed by atoms with Gasteiger partial charge in [-0.1, -0.05) is 50.3 Å². The van der Waals surface area contributed by atoms with Crippen molar-refractivity contribution >= 4 is 5.91 Å². The first kappa shape index (κ1) is 13.5. The lowest BCUT2D eigenvalue weighted by Gasteiger charge is -2.20. The molecule has 1 aromatic carbocycles. The zero-order valence-corrected chi connectivity index (χ0v) is 10.8. The van der Waals surface area contributed by atoms with Crippen molar-refractivity contribution in [2.45, 2.75) is 26.8 Å². The number of amides is 1. The van der Waals surface area contributed by atoms with Gasteiger partial charge in [0.2, 0.25) is 5.91 Å². The second-order valence-corrected chi connectivity index (χ2v) is 4.52. The Hall–Kier alpha value is -1.57. The second-order valence-electron chi connectivity index (χ2n) is 4.52. The predicted octanol–water partition coefficient (Wildman–Crippen LogP) is 3.32. The first-order valence-corrected chi connectivity index (χ1v) is 6.04. The quantitative estimate of drug-likeness (QED) is 0.774. The van der Waals surface area contributed by atoms with E-state index >= 15 is 0 Å². The van der Waals surface area contributed by atoms with Crippen molar-refractivity contribution in [3.63, 3.8) is 0 Å². The number of carbonyl (C=O) groups is 1. The van der Waals surface area contributed by atoms with Crippen LogP contribution in [0.3, 0.4) is 0 Å². The zero-order chi connectivity index (χ0) is 12.8. The van der Waals surface area contributed by atoms with Crippen molar-refractivity contribution in [2.24, 2.45) is 11.8 Å². The first-order valence-electron chi connectivity index (χ1n) is 6.04. The van der Waals surface area contributed by atoms with Gasteiger partial charge in [-0.2, -0.15) is 0 Å². The van der Waals surface area contributed by atoms with E-state index in [0.29, 0.717) is 0 Å². The molecule has 0 radical (unpaired) electrons. The third-order valence-corrected chi connectivity index (χ3v) is 3.23. The summed E-state index contributed by atoms with van der Waals surface area (Å²) >= 11 is 0. The van der Waals surface area contributed by atoms with Crippen LogP contribution in [0.25, 0.3) is 0 Å². The summed E-state index contributed by atoms with van der Waals surface area (Å²) in [5.74, 6) is 0.227. The predicted molar refractivity (Wildman–Crippen MR) is 71.5 cm³/mol. The van der Waals surface area contributed by atoms with Gasteiger partial charge in [0.1, 0.15) is 0 Å². The number of allylic oxidation sites excluding steroid dienone is 1. The Balaban J connectivity index is 2.60. The third-order valence-electron chi connectivity index (χ3n) is 3.23. The van der Waals surface area contributed by atoms with Crippen LogP contribution in [0.5, 0.6) is 0 Å². The molecule has 0 saturated carbocycles. The van der Waals surface area contributed by atoms with E-state index in [1.807, 2.05) is 57.2 Å². The average Bonchev–Trinajstić information content (AvgIpc) is 2.37. The third kappa shape index (κ3) is 3.74. The second kappa shape index (κ2) is 6.24. The molecule has 2 heteroatoms. The minimum Gasteiger partial charge on any atom is -0.349 e. The largest absolute Gasteiger partial charge is 0.349 e. The number of carbonyl (C=O) groups excluding carboxylic acids is 1. The molecule has 0 aliphatic carbocycles. The van der Waals surface area contributed by atoms with Crippen molar-refractivity contribution in [3.05, 3.63) is 48.6 Å². The number of hydrogen-bond acceptors (Lipinski definition) is 1. The topological polar surface area (TPSA) is 29.1 Å². The molecule has 0 saturated heterocycles. The van der Waals surface area contributed by atoms with E-state index in [4.69, 9.17) is 0 Å². The SMILES string of the molecule is C=C[C@H](C)[C@H](C)C(=O)N[C@H](C)c1ccccc1. The Labute approximate surface area is 104 Å². The lowest BCUT2D eigenvalue weighted by atomic mass is 9.95. The van der Waals surface area contributed by atoms with Crippen molar-refractivity contribution in [3.8, 4) is 0 Å². The van der Waals surface area contributed by atoms with E-state index in [2.05, 4.69) is 11.9 Å². The maximum atomic E-state index is 12.0. The Kier molecular flexibility index (Phi) is 4.95. The summed E-state index contributed by atoms with van der Waals surface area (Å²) in [6.07, 6.45) is 1.82. The summed E-state index contributed by atoms with van der Waals surface area (Å²) in [6.45, 7) is 9.65. The minimum atomic E-state index is -0.0429. The monoisotopic (exact) mass is 231 g/mol. The number of nitrogens with one attached hydrogen (secondary N) is 1. The molecule has 0 aliphatic heterocycles. The van der Waals surface area contributed by atoms with Crippen LogP contribution in [0.15, 0.2) is 43.0 Å². The lowest BCUT2D eigenvalue weighted by molar-refractivity contribution is -0.126. The molecule has 0 spiro atoms. The number of hydrogen-bond donors (Lipinski definition) is 1. The van der Waals surface area contributed by atoms with Gasteiger partial charge in [0.15, 0.2) is 0 Å². The lowest BCUT2D eigenvalue weighted by Crippen LogP contribution is -2.33. The summed E-state index contributed by atoms with van der Waals surface area (Å²) in [5, 5.41) is 3.02. The fraction of sp³-hybridized carbons (Fsp3) is 0.400. The highest BCUT2D eigenvalue weighted by Crippen LogP contribution is 2.16. The van der Waals surface area contributed by atoms with E-state index in [1.54, 1.807) is 0 Å². The fourth-order valence-corrected chi connectivity index (χ4v) is 1.61. The molecular weight excluding hydrogens is 210 g/mol. The van der Waals surface area contributed by atoms with Gasteiger partial charge >= 0.3 is 0 Å². The average molecular weight is 231 g/mol. The van der Waals surface area contributed by atoms with Crippen LogP contribution in [0.1, 0.15) is 32.4 Å². The first-order chi connectivity index (χ1) is 8.06. The van der Waals surface area contributed by atoms with Crippen molar-refractivity contribution in [1.82, 2.24) is 5.32 Å². The Morgan fingerprint density at radius 3 is 2.35 bits per heavy atom. The highest BCUT2D eigenvalue weighted by atomic mass is 16.1. The fourth-order valence-electron chi connectivity index (χ4n) is 1.61. The smallest absolute Gasteiger partial charge is 0.223 e. The van der Waals surface area contributed by atoms with E-state index in [0.717, 1.165) is 5.56 Å². The summed E-state index contributed by atoms with van der Waals surface area (Å²) in [6, 6.07) is 10.0. The van der Waals surface area contributed by atoms with Gasteiger partial charge in [0, 0.05) is 5.92 Å². The van der Waals surface area contributed by atoms with E-state index < -0.39 is 0 Å². The molecule has 0 fully saturated rings. The van der Waals surface area contributed by atoms with Crippen LogP contribution in [0, 0.1) is 11.8 Å². The molecule has 1 rings (SSSR count). The van der Waals surface area contributed by atoms with Gasteiger partial charge in [0.05, 0.1) is 6.04 Å². The van der Waals surface area contributed by atoms with Gasteiger partial charge in [-0.05, 0) is 18.4 Å². The normalized spacial score (nSPS) is 15.7. The zero-order valence-electron chi connectivity index (χ0n) is 10.8. The minimum absolute atomic E-state index is 0.0429. The molecule has 1 N–H and O–H groups in total. The van der Waals surface area contributed by atoms with Gasteiger partial charge in [-0.3, -0.25) is 4.79 Å². The van der Waals surface area contributed by atoms with Gasteiger partial charge < -0.3 is 5.32 Å². The van der Waals surface area contributed by atoms with E-state index in [1.165, 1.54) is 0 Å². The molecule has 92 valence electrons. The standard InChI is InChI=1S/C15H21NO/c1-5-11(2)12(3)15(17)16-13(4)14-9-7-6-8-10-14/h5-13H,1H2,2-4H3,(H,16,17)/t11-,12-,13+/m0/s1. The van der Waals surface area contributed by atoms with Crippen LogP contribution in [-0.2, 0) is 4.79 Å².